The maximum Gasteiger partial charge on any atom is 0.359 e. The van der Waals surface area contributed by atoms with E-state index in [1.165, 1.54) is 11.9 Å². The van der Waals surface area contributed by atoms with E-state index in [2.05, 4.69) is 5.10 Å². The summed E-state index contributed by atoms with van der Waals surface area (Å²) in [6.07, 6.45) is 0.111. The summed E-state index contributed by atoms with van der Waals surface area (Å²) >= 11 is 0. The molecular formula is C23H22N4O5. The lowest BCUT2D eigenvalue weighted by atomic mass is 10.1. The number of hydrogen-bond acceptors (Lipinski definition) is 7. The molecule has 0 spiro atoms. The average Bonchev–Trinajstić information content (AvgIpc) is 2.81. The number of carbonyl (C=O) groups excluding carboxylic acids is 2. The number of aromatic nitrogens is 2. The van der Waals surface area contributed by atoms with E-state index in [-0.39, 0.29) is 24.2 Å². The zero-order valence-corrected chi connectivity index (χ0v) is 17.8. The van der Waals surface area contributed by atoms with Crippen molar-refractivity contribution in [3.63, 3.8) is 0 Å². The van der Waals surface area contributed by atoms with Gasteiger partial charge in [0.15, 0.2) is 12.3 Å². The highest BCUT2D eigenvalue weighted by molar-refractivity contribution is 6.03. The van der Waals surface area contributed by atoms with Crippen LogP contribution >= 0.6 is 0 Å². The van der Waals surface area contributed by atoms with Gasteiger partial charge in [0, 0.05) is 24.7 Å². The second-order valence-electron chi connectivity index (χ2n) is 6.78. The van der Waals surface area contributed by atoms with E-state index in [0.29, 0.717) is 28.8 Å². The number of esters is 1. The highest BCUT2D eigenvalue weighted by Gasteiger charge is 2.21. The molecule has 1 amide bonds. The summed E-state index contributed by atoms with van der Waals surface area (Å²) in [6.45, 7) is 1.98. The molecule has 0 aliphatic carbocycles. The maximum atomic E-state index is 12.8. The Bertz CT molecular complexity index is 1230. The summed E-state index contributed by atoms with van der Waals surface area (Å²) in [5.74, 6) is -0.660. The molecule has 0 N–H and O–H groups in total. The number of hydrogen-bond donors (Lipinski definition) is 0. The predicted molar refractivity (Wildman–Crippen MR) is 117 cm³/mol. The van der Waals surface area contributed by atoms with Crippen LogP contribution in [-0.2, 0) is 16.6 Å². The van der Waals surface area contributed by atoms with Gasteiger partial charge < -0.3 is 14.4 Å². The normalized spacial score (nSPS) is 10.4. The van der Waals surface area contributed by atoms with Crippen molar-refractivity contribution < 1.29 is 19.1 Å². The van der Waals surface area contributed by atoms with Crippen LogP contribution < -0.4 is 15.2 Å². The van der Waals surface area contributed by atoms with Crippen LogP contribution in [0.5, 0.6) is 5.75 Å². The van der Waals surface area contributed by atoms with Gasteiger partial charge in [-0.2, -0.15) is 10.4 Å². The molecule has 0 atom stereocenters. The fourth-order valence-corrected chi connectivity index (χ4v) is 3.17. The minimum atomic E-state index is -0.822. The van der Waals surface area contributed by atoms with Crippen LogP contribution in [0, 0.1) is 11.3 Å². The van der Waals surface area contributed by atoms with Crippen molar-refractivity contribution in [2.45, 2.75) is 13.3 Å². The van der Waals surface area contributed by atoms with E-state index in [1.54, 1.807) is 48.5 Å². The number of nitriles is 1. The quantitative estimate of drug-likeness (QED) is 0.500. The Hall–Kier alpha value is -4.19. The van der Waals surface area contributed by atoms with E-state index in [4.69, 9.17) is 14.7 Å². The highest BCUT2D eigenvalue weighted by atomic mass is 16.5. The molecule has 0 fully saturated rings. The standard InChI is InChI=1S/C23H22N4O5/c1-3-31-17-11-9-16(10-12-17)27(14-6-13-24)20(28)15-32-23(30)21-18-7-4-5-8-19(18)22(29)26(2)25-21/h4-5,7-12H,3,6,14-15H2,1-2H3. The Morgan fingerprint density at radius 1 is 1.12 bits per heavy atom. The van der Waals surface area contributed by atoms with Crippen LogP contribution in [0.25, 0.3) is 10.8 Å². The first-order valence-electron chi connectivity index (χ1n) is 9.99. The molecule has 0 aliphatic heterocycles. The topological polar surface area (TPSA) is 115 Å². The number of benzene rings is 2. The van der Waals surface area contributed by atoms with Gasteiger partial charge in [-0.25, -0.2) is 9.48 Å². The lowest BCUT2D eigenvalue weighted by Crippen LogP contribution is -2.35. The Morgan fingerprint density at radius 3 is 2.47 bits per heavy atom. The molecule has 0 saturated carbocycles. The Labute approximate surface area is 184 Å². The number of aryl methyl sites for hydroxylation is 1. The van der Waals surface area contributed by atoms with Crippen LogP contribution in [0.3, 0.4) is 0 Å². The molecule has 2 aromatic carbocycles. The van der Waals surface area contributed by atoms with Gasteiger partial charge in [-0.1, -0.05) is 18.2 Å². The van der Waals surface area contributed by atoms with Crippen LogP contribution in [0.2, 0.25) is 0 Å². The van der Waals surface area contributed by atoms with Crippen molar-refractivity contribution in [2.75, 3.05) is 24.7 Å². The molecule has 3 aromatic rings. The van der Waals surface area contributed by atoms with Crippen molar-refractivity contribution in [3.8, 4) is 11.8 Å². The summed E-state index contributed by atoms with van der Waals surface area (Å²) in [5.41, 5.74) is 0.155. The molecule has 9 nitrogen and oxygen atoms in total. The third-order valence-corrected chi connectivity index (χ3v) is 4.68. The first-order valence-corrected chi connectivity index (χ1v) is 9.99. The van der Waals surface area contributed by atoms with E-state index in [0.717, 1.165) is 4.68 Å². The second-order valence-corrected chi connectivity index (χ2v) is 6.78. The van der Waals surface area contributed by atoms with Crippen molar-refractivity contribution in [1.82, 2.24) is 9.78 Å². The van der Waals surface area contributed by atoms with Gasteiger partial charge >= 0.3 is 5.97 Å². The Morgan fingerprint density at radius 2 is 1.81 bits per heavy atom. The number of fused-ring (bicyclic) bond motifs is 1. The molecule has 0 unspecified atom stereocenters. The number of carbonyl (C=O) groups is 2. The fraction of sp³-hybridized carbons (Fsp3) is 0.261. The maximum absolute atomic E-state index is 12.8. The molecule has 0 saturated heterocycles. The second kappa shape index (κ2) is 10.2. The van der Waals surface area contributed by atoms with Crippen LogP contribution in [0.1, 0.15) is 23.8 Å². The molecule has 3 rings (SSSR count). The summed E-state index contributed by atoms with van der Waals surface area (Å²) < 4.78 is 11.7. The van der Waals surface area contributed by atoms with E-state index in [9.17, 15) is 14.4 Å². The number of ether oxygens (including phenoxy) is 2. The molecule has 1 aromatic heterocycles. The first-order chi connectivity index (χ1) is 15.5. The van der Waals surface area contributed by atoms with Crippen molar-refractivity contribution >= 4 is 28.3 Å². The van der Waals surface area contributed by atoms with E-state index >= 15 is 0 Å². The Kier molecular flexibility index (Phi) is 7.18. The molecule has 0 aliphatic rings. The lowest BCUT2D eigenvalue weighted by Gasteiger charge is -2.22. The zero-order valence-electron chi connectivity index (χ0n) is 17.8. The van der Waals surface area contributed by atoms with Gasteiger partial charge in [-0.15, -0.1) is 0 Å². The minimum absolute atomic E-state index is 0.0554. The number of amides is 1. The largest absolute Gasteiger partial charge is 0.494 e. The number of rotatable bonds is 8. The van der Waals surface area contributed by atoms with E-state index < -0.39 is 18.5 Å². The van der Waals surface area contributed by atoms with Gasteiger partial charge in [0.1, 0.15) is 5.75 Å². The van der Waals surface area contributed by atoms with Gasteiger partial charge in [-0.05, 0) is 37.3 Å². The number of nitrogens with zero attached hydrogens (tertiary/aromatic N) is 4. The number of anilines is 1. The molecule has 0 bridgehead atoms. The minimum Gasteiger partial charge on any atom is -0.494 e. The fourth-order valence-electron chi connectivity index (χ4n) is 3.17. The van der Waals surface area contributed by atoms with Crippen molar-refractivity contribution in [1.29, 1.82) is 5.26 Å². The van der Waals surface area contributed by atoms with Gasteiger partial charge in [-0.3, -0.25) is 9.59 Å². The molecule has 9 heteroatoms. The monoisotopic (exact) mass is 434 g/mol. The summed E-state index contributed by atoms with van der Waals surface area (Å²) in [6, 6.07) is 15.4. The summed E-state index contributed by atoms with van der Waals surface area (Å²) in [5, 5.41) is 13.6. The SMILES string of the molecule is CCOc1ccc(N(CCC#N)C(=O)COC(=O)c2nn(C)c(=O)c3ccccc23)cc1. The smallest absolute Gasteiger partial charge is 0.359 e. The molecule has 32 heavy (non-hydrogen) atoms. The van der Waals surface area contributed by atoms with E-state index in [1.807, 2.05) is 13.0 Å². The third kappa shape index (κ3) is 4.92. The zero-order chi connectivity index (χ0) is 23.1. The van der Waals surface area contributed by atoms with Gasteiger partial charge in [0.05, 0.1) is 24.5 Å². The lowest BCUT2D eigenvalue weighted by molar-refractivity contribution is -0.121. The molecule has 0 radical (unpaired) electrons. The predicted octanol–water partition coefficient (Wildman–Crippen LogP) is 2.44. The molecule has 1 heterocycles. The third-order valence-electron chi connectivity index (χ3n) is 4.68. The summed E-state index contributed by atoms with van der Waals surface area (Å²) in [7, 11) is 1.44. The van der Waals surface area contributed by atoms with Gasteiger partial charge in [0.2, 0.25) is 0 Å². The average molecular weight is 434 g/mol. The summed E-state index contributed by atoms with van der Waals surface area (Å²) in [4.78, 5) is 39.1. The molecular weight excluding hydrogens is 412 g/mol. The van der Waals surface area contributed by atoms with Crippen LogP contribution in [0.15, 0.2) is 53.3 Å². The Balaban J connectivity index is 1.78. The van der Waals surface area contributed by atoms with Crippen molar-refractivity contribution in [3.05, 3.63) is 64.6 Å². The first kappa shape index (κ1) is 22.5. The van der Waals surface area contributed by atoms with Gasteiger partial charge in [0.25, 0.3) is 11.5 Å². The van der Waals surface area contributed by atoms with Crippen LogP contribution in [0.4, 0.5) is 5.69 Å². The molecule has 164 valence electrons. The van der Waals surface area contributed by atoms with Crippen molar-refractivity contribution in [2.24, 2.45) is 7.05 Å². The highest BCUT2D eigenvalue weighted by Crippen LogP contribution is 2.20. The van der Waals surface area contributed by atoms with Crippen LogP contribution in [-0.4, -0.2) is 41.4 Å².